The molecule has 0 N–H and O–H groups in total. The van der Waals surface area contributed by atoms with Gasteiger partial charge in [-0.1, -0.05) is 13.8 Å². The Morgan fingerprint density at radius 2 is 2.00 bits per heavy atom. The van der Waals surface area contributed by atoms with Gasteiger partial charge in [0.05, 0.1) is 0 Å². The predicted octanol–water partition coefficient (Wildman–Crippen LogP) is 1.03. The van der Waals surface area contributed by atoms with Crippen LogP contribution in [0, 0.1) is 0 Å². The first kappa shape index (κ1) is 10.6. The van der Waals surface area contributed by atoms with Crippen LogP contribution in [-0.2, 0) is 4.79 Å². The average molecular weight is 159 g/mol. The minimum Gasteiger partial charge on any atom is -0.341 e. The number of hydrogen-bond donors (Lipinski definition) is 0. The number of hydrogen-bond acceptors (Lipinski definition) is 2. The van der Waals surface area contributed by atoms with Crippen molar-refractivity contribution in [2.45, 2.75) is 19.7 Å². The van der Waals surface area contributed by atoms with Crippen molar-refractivity contribution in [1.82, 2.24) is 4.81 Å². The standard InChI is InChI=1S/C7H15BFNO/c1-6(2)8(10(3)4)7(11)5-9/h6H,5H2,1-4H3. The van der Waals surface area contributed by atoms with E-state index in [1.165, 1.54) is 0 Å². The molecule has 0 aliphatic heterocycles. The van der Waals surface area contributed by atoms with E-state index in [-0.39, 0.29) is 18.3 Å². The van der Waals surface area contributed by atoms with E-state index in [9.17, 15) is 9.18 Å². The normalized spacial score (nSPS) is 10.8. The zero-order valence-electron chi connectivity index (χ0n) is 7.60. The molecule has 0 rings (SSSR count). The largest absolute Gasteiger partial charge is 0.341 e. The summed E-state index contributed by atoms with van der Waals surface area (Å²) < 4.78 is 12.0. The molecule has 0 aromatic heterocycles. The van der Waals surface area contributed by atoms with E-state index in [2.05, 4.69) is 0 Å². The van der Waals surface area contributed by atoms with E-state index < -0.39 is 6.67 Å². The Balaban J connectivity index is 4.22. The van der Waals surface area contributed by atoms with Crippen molar-refractivity contribution >= 4 is 12.5 Å². The van der Waals surface area contributed by atoms with E-state index in [1.54, 1.807) is 18.9 Å². The Hall–Kier alpha value is -0.375. The van der Waals surface area contributed by atoms with Gasteiger partial charge < -0.3 is 9.61 Å². The third-order valence-corrected chi connectivity index (χ3v) is 1.65. The summed E-state index contributed by atoms with van der Waals surface area (Å²) in [6.07, 6.45) is 0. The Bertz CT molecular complexity index is 130. The molecule has 0 bridgehead atoms. The van der Waals surface area contributed by atoms with Crippen molar-refractivity contribution in [3.05, 3.63) is 0 Å². The molecule has 0 aromatic carbocycles. The zero-order chi connectivity index (χ0) is 9.02. The third-order valence-electron chi connectivity index (χ3n) is 1.65. The second-order valence-corrected chi connectivity index (χ2v) is 3.25. The molecule has 0 radical (unpaired) electrons. The summed E-state index contributed by atoms with van der Waals surface area (Å²) in [5.41, 5.74) is -0.329. The molecule has 0 unspecified atom stereocenters. The van der Waals surface area contributed by atoms with Crippen LogP contribution in [0.2, 0.25) is 5.82 Å². The van der Waals surface area contributed by atoms with Gasteiger partial charge in [0.25, 0.3) is 0 Å². The summed E-state index contributed by atoms with van der Waals surface area (Å²) in [7, 11) is 3.58. The quantitative estimate of drug-likeness (QED) is 0.571. The molecule has 0 heterocycles. The molecule has 64 valence electrons. The van der Waals surface area contributed by atoms with Crippen LogP contribution in [-0.4, -0.2) is 38.1 Å². The Labute approximate surface area is 67.9 Å². The van der Waals surface area contributed by atoms with Crippen LogP contribution in [0.3, 0.4) is 0 Å². The van der Waals surface area contributed by atoms with Crippen LogP contribution in [0.5, 0.6) is 0 Å². The van der Waals surface area contributed by atoms with Gasteiger partial charge in [0.2, 0.25) is 0 Å². The predicted molar refractivity (Wildman–Crippen MR) is 45.5 cm³/mol. The molecule has 0 fully saturated rings. The highest BCUT2D eigenvalue weighted by Gasteiger charge is 2.29. The van der Waals surface area contributed by atoms with Crippen molar-refractivity contribution in [3.63, 3.8) is 0 Å². The molecule has 0 aliphatic carbocycles. The van der Waals surface area contributed by atoms with E-state index in [0.29, 0.717) is 0 Å². The number of carbonyl (C=O) groups is 1. The summed E-state index contributed by atoms with van der Waals surface area (Å²) in [4.78, 5) is 12.7. The summed E-state index contributed by atoms with van der Waals surface area (Å²) in [6, 6.07) is 0. The molecule has 0 spiro atoms. The molecule has 0 atom stereocenters. The van der Waals surface area contributed by atoms with Crippen LogP contribution < -0.4 is 0 Å². The van der Waals surface area contributed by atoms with Gasteiger partial charge in [-0.05, 0) is 19.9 Å². The van der Waals surface area contributed by atoms with Gasteiger partial charge in [-0.25, -0.2) is 4.39 Å². The molecular formula is C7H15BFNO. The van der Waals surface area contributed by atoms with Gasteiger partial charge in [-0.15, -0.1) is 0 Å². The fraction of sp³-hybridized carbons (Fsp3) is 0.857. The van der Waals surface area contributed by atoms with E-state index >= 15 is 0 Å². The highest BCUT2D eigenvalue weighted by atomic mass is 19.1. The van der Waals surface area contributed by atoms with Gasteiger partial charge in [-0.3, -0.25) is 0 Å². The van der Waals surface area contributed by atoms with Crippen molar-refractivity contribution < 1.29 is 9.18 Å². The molecule has 2 nitrogen and oxygen atoms in total. The summed E-state index contributed by atoms with van der Waals surface area (Å²) in [6.45, 7) is 2.69. The highest BCUT2D eigenvalue weighted by molar-refractivity contribution is 6.89. The lowest BCUT2D eigenvalue weighted by Gasteiger charge is -2.21. The van der Waals surface area contributed by atoms with E-state index in [0.717, 1.165) is 0 Å². The van der Waals surface area contributed by atoms with Crippen LogP contribution >= 0.6 is 0 Å². The lowest BCUT2D eigenvalue weighted by Crippen LogP contribution is -2.44. The lowest BCUT2D eigenvalue weighted by atomic mass is 9.48. The molecule has 0 amide bonds. The smallest absolute Gasteiger partial charge is 0.309 e. The molecule has 0 aliphatic rings. The number of nitrogens with zero attached hydrogens (tertiary/aromatic N) is 1. The van der Waals surface area contributed by atoms with Crippen molar-refractivity contribution in [1.29, 1.82) is 0 Å². The second-order valence-electron chi connectivity index (χ2n) is 3.25. The first-order valence-electron chi connectivity index (χ1n) is 3.75. The Kier molecular flexibility index (Phi) is 4.34. The fourth-order valence-corrected chi connectivity index (χ4v) is 1.34. The molecule has 0 saturated heterocycles. The van der Waals surface area contributed by atoms with Crippen LogP contribution in [0.1, 0.15) is 13.8 Å². The zero-order valence-corrected chi connectivity index (χ0v) is 7.60. The van der Waals surface area contributed by atoms with Gasteiger partial charge in [0, 0.05) is 0 Å². The van der Waals surface area contributed by atoms with Crippen LogP contribution in [0.15, 0.2) is 0 Å². The van der Waals surface area contributed by atoms with Crippen LogP contribution in [0.25, 0.3) is 0 Å². The number of halogens is 1. The number of carbonyl (C=O) groups excluding carboxylic acids is 1. The van der Waals surface area contributed by atoms with Crippen molar-refractivity contribution in [2.24, 2.45) is 0 Å². The summed E-state index contributed by atoms with van der Waals surface area (Å²) in [5, 5.41) is 0. The highest BCUT2D eigenvalue weighted by Crippen LogP contribution is 2.10. The monoisotopic (exact) mass is 159 g/mol. The molecule has 11 heavy (non-hydrogen) atoms. The Morgan fingerprint density at radius 3 is 2.09 bits per heavy atom. The van der Waals surface area contributed by atoms with Crippen molar-refractivity contribution in [2.75, 3.05) is 20.8 Å². The molecular weight excluding hydrogens is 144 g/mol. The topological polar surface area (TPSA) is 20.3 Å². The van der Waals surface area contributed by atoms with E-state index in [1.807, 2.05) is 13.8 Å². The van der Waals surface area contributed by atoms with Crippen molar-refractivity contribution in [3.8, 4) is 0 Å². The van der Waals surface area contributed by atoms with Gasteiger partial charge in [0.1, 0.15) is 12.4 Å². The molecule has 0 aromatic rings. The minimum absolute atomic E-state index is 0.174. The third kappa shape index (κ3) is 3.01. The van der Waals surface area contributed by atoms with Gasteiger partial charge in [-0.2, -0.15) is 0 Å². The minimum atomic E-state index is -0.860. The maximum atomic E-state index is 12.0. The maximum absolute atomic E-state index is 12.0. The number of alkyl halides is 1. The number of rotatable bonds is 4. The van der Waals surface area contributed by atoms with Crippen LogP contribution in [0.4, 0.5) is 4.39 Å². The maximum Gasteiger partial charge on any atom is 0.309 e. The van der Waals surface area contributed by atoms with Gasteiger partial charge in [0.15, 0.2) is 0 Å². The fourth-order valence-electron chi connectivity index (χ4n) is 1.34. The molecule has 4 heteroatoms. The lowest BCUT2D eigenvalue weighted by molar-refractivity contribution is -0.113. The summed E-state index contributed by atoms with van der Waals surface area (Å²) in [5.74, 6) is 0.174. The first-order valence-corrected chi connectivity index (χ1v) is 3.75. The SMILES string of the molecule is CC(C)B(C(=O)CF)N(C)C. The molecule has 0 saturated carbocycles. The summed E-state index contributed by atoms with van der Waals surface area (Å²) >= 11 is 0. The second kappa shape index (κ2) is 4.49. The Morgan fingerprint density at radius 1 is 1.55 bits per heavy atom. The van der Waals surface area contributed by atoms with E-state index in [4.69, 9.17) is 0 Å². The first-order chi connectivity index (χ1) is 5.00. The van der Waals surface area contributed by atoms with Gasteiger partial charge >= 0.3 is 6.85 Å². The average Bonchev–Trinajstić information content (AvgIpc) is 1.85.